The first-order valence-corrected chi connectivity index (χ1v) is 7.56. The number of hydrogen-bond acceptors (Lipinski definition) is 4. The second kappa shape index (κ2) is 5.76. The molecular formula is C17H16ClN3O2. The van der Waals surface area contributed by atoms with Crippen LogP contribution in [-0.2, 0) is 7.05 Å². The van der Waals surface area contributed by atoms with Crippen molar-refractivity contribution >= 4 is 22.5 Å². The number of fused-ring (bicyclic) bond motifs is 1. The Balaban J connectivity index is 2.27. The summed E-state index contributed by atoms with van der Waals surface area (Å²) in [5, 5.41) is 10.8. The first-order valence-electron chi connectivity index (χ1n) is 7.18. The third kappa shape index (κ3) is 2.73. The smallest absolute Gasteiger partial charge is 0.258 e. The number of aromatic nitrogens is 3. The minimum absolute atomic E-state index is 0.130. The average Bonchev–Trinajstić information content (AvgIpc) is 2.51. The van der Waals surface area contributed by atoms with Crippen LogP contribution in [0.2, 0.25) is 5.15 Å². The molecule has 3 rings (SSSR count). The fourth-order valence-corrected chi connectivity index (χ4v) is 2.77. The molecule has 0 aliphatic rings. The topological polar surface area (TPSA) is 68.0 Å². The van der Waals surface area contributed by atoms with Crippen LogP contribution in [0.15, 0.2) is 35.4 Å². The molecule has 0 saturated heterocycles. The molecule has 118 valence electrons. The predicted octanol–water partition coefficient (Wildman–Crippen LogP) is 3.01. The van der Waals surface area contributed by atoms with Crippen LogP contribution in [0.25, 0.3) is 22.0 Å². The van der Waals surface area contributed by atoms with Crippen molar-refractivity contribution in [3.63, 3.8) is 0 Å². The van der Waals surface area contributed by atoms with Crippen LogP contribution in [0.3, 0.4) is 0 Å². The summed E-state index contributed by atoms with van der Waals surface area (Å²) >= 11 is 5.91. The van der Waals surface area contributed by atoms with Gasteiger partial charge in [-0.3, -0.25) is 9.78 Å². The number of aliphatic hydroxyl groups excluding tert-OH is 1. The van der Waals surface area contributed by atoms with Crippen molar-refractivity contribution in [2.75, 3.05) is 0 Å². The third-order valence-corrected chi connectivity index (χ3v) is 4.13. The molecule has 0 aromatic carbocycles. The number of hydrogen-bond donors (Lipinski definition) is 1. The van der Waals surface area contributed by atoms with Crippen LogP contribution in [0, 0.1) is 6.92 Å². The van der Waals surface area contributed by atoms with E-state index in [-0.39, 0.29) is 5.56 Å². The van der Waals surface area contributed by atoms with Gasteiger partial charge >= 0.3 is 0 Å². The molecule has 3 aromatic heterocycles. The third-order valence-electron chi connectivity index (χ3n) is 3.92. The molecule has 1 atom stereocenters. The zero-order valence-electron chi connectivity index (χ0n) is 13.0. The van der Waals surface area contributed by atoms with E-state index in [1.54, 1.807) is 49.1 Å². The Morgan fingerprint density at radius 1 is 1.17 bits per heavy atom. The van der Waals surface area contributed by atoms with Gasteiger partial charge in [0.05, 0.1) is 17.3 Å². The van der Waals surface area contributed by atoms with E-state index in [1.807, 2.05) is 6.92 Å². The number of aliphatic hydroxyl groups is 1. The van der Waals surface area contributed by atoms with Crippen molar-refractivity contribution in [1.82, 2.24) is 14.5 Å². The number of aryl methyl sites for hydroxylation is 2. The maximum Gasteiger partial charge on any atom is 0.258 e. The van der Waals surface area contributed by atoms with Gasteiger partial charge in [0, 0.05) is 36.0 Å². The molecule has 0 aliphatic heterocycles. The molecule has 0 fully saturated rings. The Morgan fingerprint density at radius 3 is 2.57 bits per heavy atom. The summed E-state index contributed by atoms with van der Waals surface area (Å²) in [7, 11) is 1.71. The molecule has 1 N–H and O–H groups in total. The number of rotatable bonds is 2. The van der Waals surface area contributed by atoms with E-state index in [0.29, 0.717) is 16.4 Å². The highest BCUT2D eigenvalue weighted by Crippen LogP contribution is 2.25. The van der Waals surface area contributed by atoms with Crippen molar-refractivity contribution in [1.29, 1.82) is 0 Å². The summed E-state index contributed by atoms with van der Waals surface area (Å²) in [6.45, 7) is 3.55. The molecule has 0 unspecified atom stereocenters. The minimum atomic E-state index is -0.645. The van der Waals surface area contributed by atoms with Crippen molar-refractivity contribution < 1.29 is 5.11 Å². The average molecular weight is 330 g/mol. The van der Waals surface area contributed by atoms with E-state index >= 15 is 0 Å². The Morgan fingerprint density at radius 2 is 1.91 bits per heavy atom. The Kier molecular flexibility index (Phi) is 3.92. The highest BCUT2D eigenvalue weighted by Gasteiger charge is 2.13. The SMILES string of the molecule is Cc1cc([C@H](C)O)ncc1-c1cc2cnc(Cl)cc2n(C)c1=O. The van der Waals surface area contributed by atoms with Gasteiger partial charge in [0.15, 0.2) is 0 Å². The van der Waals surface area contributed by atoms with Crippen LogP contribution in [0.1, 0.15) is 24.3 Å². The highest BCUT2D eigenvalue weighted by molar-refractivity contribution is 6.30. The van der Waals surface area contributed by atoms with Crippen molar-refractivity contribution in [3.05, 3.63) is 57.4 Å². The molecule has 0 aliphatic carbocycles. The molecule has 5 nitrogen and oxygen atoms in total. The Labute approximate surface area is 138 Å². The predicted molar refractivity (Wildman–Crippen MR) is 90.6 cm³/mol. The van der Waals surface area contributed by atoms with E-state index in [1.165, 1.54) is 0 Å². The lowest BCUT2D eigenvalue weighted by Crippen LogP contribution is -2.19. The molecule has 0 amide bonds. The van der Waals surface area contributed by atoms with E-state index < -0.39 is 6.10 Å². The standard InChI is InChI=1S/C17H16ClN3O2/c1-9-4-14(10(2)22)19-8-13(9)12-5-11-7-20-16(18)6-15(11)21(3)17(12)23/h4-8,10,22H,1-3H3/t10-/m0/s1. The monoisotopic (exact) mass is 329 g/mol. The second-order valence-corrected chi connectivity index (χ2v) is 5.98. The van der Waals surface area contributed by atoms with Gasteiger partial charge in [-0.1, -0.05) is 11.6 Å². The Hall–Kier alpha value is -2.24. The summed E-state index contributed by atoms with van der Waals surface area (Å²) in [6.07, 6.45) is 2.63. The molecule has 3 aromatic rings. The van der Waals surface area contributed by atoms with E-state index in [0.717, 1.165) is 22.0 Å². The molecule has 0 bridgehead atoms. The van der Waals surface area contributed by atoms with Gasteiger partial charge in [-0.25, -0.2) is 4.98 Å². The lowest BCUT2D eigenvalue weighted by molar-refractivity contribution is 0.194. The zero-order valence-corrected chi connectivity index (χ0v) is 13.8. The molecule has 0 radical (unpaired) electrons. The molecule has 23 heavy (non-hydrogen) atoms. The Bertz CT molecular complexity index is 964. The fraction of sp³-hybridized carbons (Fsp3) is 0.235. The summed E-state index contributed by atoms with van der Waals surface area (Å²) < 4.78 is 1.56. The highest BCUT2D eigenvalue weighted by atomic mass is 35.5. The van der Waals surface area contributed by atoms with Crippen LogP contribution < -0.4 is 5.56 Å². The number of halogens is 1. The van der Waals surface area contributed by atoms with Gasteiger partial charge in [0.25, 0.3) is 5.56 Å². The van der Waals surface area contributed by atoms with Crippen molar-refractivity contribution in [3.8, 4) is 11.1 Å². The van der Waals surface area contributed by atoms with Gasteiger partial charge < -0.3 is 9.67 Å². The quantitative estimate of drug-likeness (QED) is 0.734. The maximum atomic E-state index is 12.7. The molecule has 6 heteroatoms. The molecule has 0 saturated carbocycles. The van der Waals surface area contributed by atoms with Gasteiger partial charge in [-0.15, -0.1) is 0 Å². The minimum Gasteiger partial charge on any atom is -0.387 e. The van der Waals surface area contributed by atoms with Crippen molar-refractivity contribution in [2.45, 2.75) is 20.0 Å². The van der Waals surface area contributed by atoms with Crippen LogP contribution in [0.4, 0.5) is 0 Å². The fourth-order valence-electron chi connectivity index (χ4n) is 2.62. The largest absolute Gasteiger partial charge is 0.387 e. The molecule has 0 spiro atoms. The van der Waals surface area contributed by atoms with Gasteiger partial charge in [-0.2, -0.15) is 0 Å². The van der Waals surface area contributed by atoms with Crippen molar-refractivity contribution in [2.24, 2.45) is 7.05 Å². The van der Waals surface area contributed by atoms with Gasteiger partial charge in [0.2, 0.25) is 0 Å². The van der Waals surface area contributed by atoms with Gasteiger partial charge in [-0.05, 0) is 37.6 Å². The normalized spacial score (nSPS) is 12.6. The van der Waals surface area contributed by atoms with Gasteiger partial charge in [0.1, 0.15) is 5.15 Å². The first kappa shape index (κ1) is 15.6. The number of pyridine rings is 3. The summed E-state index contributed by atoms with van der Waals surface area (Å²) in [6, 6.07) is 5.26. The van der Waals surface area contributed by atoms with Crippen LogP contribution >= 0.6 is 11.6 Å². The lowest BCUT2D eigenvalue weighted by atomic mass is 10.0. The summed E-state index contributed by atoms with van der Waals surface area (Å²) in [5.74, 6) is 0. The lowest BCUT2D eigenvalue weighted by Gasteiger charge is -2.12. The first-order chi connectivity index (χ1) is 10.9. The maximum absolute atomic E-state index is 12.7. The van der Waals surface area contributed by atoms with Crippen LogP contribution in [0.5, 0.6) is 0 Å². The zero-order chi connectivity index (χ0) is 16.7. The van der Waals surface area contributed by atoms with E-state index in [2.05, 4.69) is 9.97 Å². The van der Waals surface area contributed by atoms with E-state index in [9.17, 15) is 9.90 Å². The molecule has 3 heterocycles. The summed E-state index contributed by atoms with van der Waals surface area (Å²) in [4.78, 5) is 21.0. The molecular weight excluding hydrogens is 314 g/mol. The van der Waals surface area contributed by atoms with E-state index in [4.69, 9.17) is 11.6 Å². The van der Waals surface area contributed by atoms with Crippen LogP contribution in [-0.4, -0.2) is 19.6 Å². The number of nitrogens with zero attached hydrogens (tertiary/aromatic N) is 3. The summed E-state index contributed by atoms with van der Waals surface area (Å²) in [5.41, 5.74) is 3.35. The second-order valence-electron chi connectivity index (χ2n) is 5.59.